The Balaban J connectivity index is 2.10. The van der Waals surface area contributed by atoms with E-state index < -0.39 is 6.10 Å². The minimum Gasteiger partial charge on any atom is -0.377 e. The number of anilines is 2. The molecule has 0 radical (unpaired) electrons. The Morgan fingerprint density at radius 3 is 2.85 bits per heavy atom. The Morgan fingerprint density at radius 1 is 1.45 bits per heavy atom. The van der Waals surface area contributed by atoms with Gasteiger partial charge in [0, 0.05) is 38.6 Å². The minimum atomic E-state index is -0.392. The third-order valence-corrected chi connectivity index (χ3v) is 3.61. The molecule has 5 nitrogen and oxygen atoms in total. The van der Waals surface area contributed by atoms with Crippen LogP contribution in [0.5, 0.6) is 0 Å². The van der Waals surface area contributed by atoms with E-state index in [0.717, 1.165) is 23.5 Å². The Morgan fingerprint density at radius 2 is 2.20 bits per heavy atom. The predicted molar refractivity (Wildman–Crippen MR) is 81.4 cm³/mol. The smallest absolute Gasteiger partial charge is 0.254 e. The van der Waals surface area contributed by atoms with E-state index >= 15 is 0 Å². The summed E-state index contributed by atoms with van der Waals surface area (Å²) in [5, 5.41) is 2.98. The van der Waals surface area contributed by atoms with Gasteiger partial charge in [0.25, 0.3) is 5.91 Å². The van der Waals surface area contributed by atoms with Crippen LogP contribution in [0.2, 0.25) is 0 Å². The van der Waals surface area contributed by atoms with Crippen molar-refractivity contribution in [2.24, 2.45) is 0 Å². The summed E-state index contributed by atoms with van der Waals surface area (Å²) in [5.74, 6) is -0.0736. The molecular weight excluding hydrogens is 254 g/mol. The number of nitrogens with zero attached hydrogens (tertiary/aromatic N) is 2. The van der Waals surface area contributed by atoms with E-state index in [1.165, 1.54) is 0 Å². The third-order valence-electron chi connectivity index (χ3n) is 3.61. The molecule has 1 heterocycles. The molecule has 0 saturated carbocycles. The van der Waals surface area contributed by atoms with Gasteiger partial charge in [-0.05, 0) is 31.7 Å². The van der Waals surface area contributed by atoms with Gasteiger partial charge in [-0.1, -0.05) is 6.07 Å². The molecule has 0 aromatic heterocycles. The lowest BCUT2D eigenvalue weighted by Crippen LogP contribution is -2.46. The number of ether oxygens (including phenoxy) is 1. The van der Waals surface area contributed by atoms with Crippen molar-refractivity contribution in [1.29, 1.82) is 0 Å². The summed E-state index contributed by atoms with van der Waals surface area (Å²) in [7, 11) is 5.99. The van der Waals surface area contributed by atoms with Crippen LogP contribution in [0.1, 0.15) is 5.56 Å². The Kier molecular flexibility index (Phi) is 4.62. The summed E-state index contributed by atoms with van der Waals surface area (Å²) < 4.78 is 5.54. The molecule has 0 aliphatic carbocycles. The average molecular weight is 277 g/mol. The van der Waals surface area contributed by atoms with Gasteiger partial charge in [0.15, 0.2) is 0 Å². The highest BCUT2D eigenvalue weighted by atomic mass is 16.5. The van der Waals surface area contributed by atoms with Crippen LogP contribution in [0.25, 0.3) is 0 Å². The number of hydrogen-bond donors (Lipinski definition) is 1. The zero-order chi connectivity index (χ0) is 14.7. The first-order valence-electron chi connectivity index (χ1n) is 6.87. The quantitative estimate of drug-likeness (QED) is 0.905. The number of rotatable bonds is 3. The lowest BCUT2D eigenvalue weighted by Gasteiger charge is -2.29. The molecule has 1 aromatic rings. The lowest BCUT2D eigenvalue weighted by molar-refractivity contribution is -0.132. The predicted octanol–water partition coefficient (Wildman–Crippen LogP) is 1.33. The van der Waals surface area contributed by atoms with Crippen molar-refractivity contribution in [2.75, 3.05) is 51.1 Å². The zero-order valence-electron chi connectivity index (χ0n) is 12.6. The summed E-state index contributed by atoms with van der Waals surface area (Å²) in [6, 6.07) is 5.91. The number of nitrogens with one attached hydrogen (secondary N) is 1. The highest BCUT2D eigenvalue weighted by Gasteiger charge is 2.25. The molecule has 1 amide bonds. The fraction of sp³-hybridized carbons (Fsp3) is 0.533. The number of carbonyl (C=O) groups is 1. The van der Waals surface area contributed by atoms with Gasteiger partial charge < -0.3 is 19.9 Å². The molecule has 5 heteroatoms. The van der Waals surface area contributed by atoms with Crippen molar-refractivity contribution in [3.63, 3.8) is 0 Å². The Labute approximate surface area is 120 Å². The van der Waals surface area contributed by atoms with E-state index in [2.05, 4.69) is 10.2 Å². The van der Waals surface area contributed by atoms with E-state index in [1.54, 1.807) is 0 Å². The summed E-state index contributed by atoms with van der Waals surface area (Å²) in [6.45, 7) is 4.13. The molecule has 1 N–H and O–H groups in total. The number of carbonyl (C=O) groups excluding carboxylic acids is 1. The normalized spacial score (nSPS) is 19.7. The summed E-state index contributed by atoms with van der Waals surface area (Å²) in [6.07, 6.45) is -0.392. The van der Waals surface area contributed by atoms with Crippen LogP contribution in [0.4, 0.5) is 11.4 Å². The van der Waals surface area contributed by atoms with Crippen molar-refractivity contribution in [3.8, 4) is 0 Å². The van der Waals surface area contributed by atoms with Gasteiger partial charge in [0.1, 0.15) is 6.10 Å². The lowest BCUT2D eigenvalue weighted by atomic mass is 10.1. The number of likely N-dealkylation sites (N-methyl/N-ethyl adjacent to an activating group) is 1. The van der Waals surface area contributed by atoms with Crippen LogP contribution in [0.3, 0.4) is 0 Å². The van der Waals surface area contributed by atoms with E-state index in [-0.39, 0.29) is 5.91 Å². The van der Waals surface area contributed by atoms with Gasteiger partial charge in [-0.3, -0.25) is 4.79 Å². The molecule has 1 aliphatic heterocycles. The molecule has 20 heavy (non-hydrogen) atoms. The van der Waals surface area contributed by atoms with Crippen molar-refractivity contribution in [2.45, 2.75) is 13.0 Å². The molecule has 2 rings (SSSR count). The maximum Gasteiger partial charge on any atom is 0.254 e. The SMILES string of the molecule is Cc1c(NC(=O)[C@H]2CN(C)CCO2)cccc1N(C)C. The maximum absolute atomic E-state index is 12.3. The fourth-order valence-corrected chi connectivity index (χ4v) is 2.39. The van der Waals surface area contributed by atoms with E-state index in [9.17, 15) is 4.79 Å². The number of morpholine rings is 1. The van der Waals surface area contributed by atoms with Crippen molar-refractivity contribution < 1.29 is 9.53 Å². The number of hydrogen-bond acceptors (Lipinski definition) is 4. The molecule has 1 saturated heterocycles. The molecule has 0 spiro atoms. The number of benzene rings is 1. The highest BCUT2D eigenvalue weighted by Crippen LogP contribution is 2.25. The van der Waals surface area contributed by atoms with Gasteiger partial charge in [-0.15, -0.1) is 0 Å². The molecule has 1 aliphatic rings. The van der Waals surface area contributed by atoms with Crippen LogP contribution in [0, 0.1) is 6.92 Å². The van der Waals surface area contributed by atoms with E-state index in [1.807, 2.05) is 51.2 Å². The fourth-order valence-electron chi connectivity index (χ4n) is 2.39. The topological polar surface area (TPSA) is 44.8 Å². The summed E-state index contributed by atoms with van der Waals surface area (Å²) >= 11 is 0. The average Bonchev–Trinajstić information content (AvgIpc) is 2.40. The minimum absolute atomic E-state index is 0.0736. The first-order valence-corrected chi connectivity index (χ1v) is 6.87. The molecular formula is C15H23N3O2. The second kappa shape index (κ2) is 6.24. The first kappa shape index (κ1) is 14.8. The third kappa shape index (κ3) is 3.29. The Hall–Kier alpha value is -1.59. The van der Waals surface area contributed by atoms with Crippen LogP contribution >= 0.6 is 0 Å². The highest BCUT2D eigenvalue weighted by molar-refractivity contribution is 5.95. The van der Waals surface area contributed by atoms with E-state index in [4.69, 9.17) is 4.74 Å². The van der Waals surface area contributed by atoms with Gasteiger partial charge in [0.05, 0.1) is 6.61 Å². The summed E-state index contributed by atoms with van der Waals surface area (Å²) in [5.41, 5.74) is 3.01. The molecule has 0 unspecified atom stereocenters. The summed E-state index contributed by atoms with van der Waals surface area (Å²) in [4.78, 5) is 16.4. The van der Waals surface area contributed by atoms with Crippen molar-refractivity contribution >= 4 is 17.3 Å². The van der Waals surface area contributed by atoms with Gasteiger partial charge in [-0.25, -0.2) is 0 Å². The molecule has 1 atom stereocenters. The van der Waals surface area contributed by atoms with Crippen molar-refractivity contribution in [3.05, 3.63) is 23.8 Å². The van der Waals surface area contributed by atoms with Crippen LogP contribution < -0.4 is 10.2 Å². The van der Waals surface area contributed by atoms with Crippen LogP contribution in [-0.4, -0.2) is 57.8 Å². The van der Waals surface area contributed by atoms with E-state index in [0.29, 0.717) is 13.2 Å². The van der Waals surface area contributed by atoms with Gasteiger partial charge in [-0.2, -0.15) is 0 Å². The first-order chi connectivity index (χ1) is 9.49. The second-order valence-corrected chi connectivity index (χ2v) is 5.46. The van der Waals surface area contributed by atoms with Gasteiger partial charge in [0.2, 0.25) is 0 Å². The van der Waals surface area contributed by atoms with Crippen LogP contribution in [-0.2, 0) is 9.53 Å². The monoisotopic (exact) mass is 277 g/mol. The zero-order valence-corrected chi connectivity index (χ0v) is 12.6. The number of amides is 1. The molecule has 110 valence electrons. The largest absolute Gasteiger partial charge is 0.377 e. The van der Waals surface area contributed by atoms with Crippen molar-refractivity contribution in [1.82, 2.24) is 4.90 Å². The maximum atomic E-state index is 12.3. The molecule has 0 bridgehead atoms. The molecule has 1 aromatic carbocycles. The standard InChI is InChI=1S/C15H23N3O2/c1-11-12(6-5-7-13(11)17(2)3)16-15(19)14-10-18(4)8-9-20-14/h5-7,14H,8-10H2,1-4H3,(H,16,19)/t14-/m1/s1. The van der Waals surface area contributed by atoms with Crippen LogP contribution in [0.15, 0.2) is 18.2 Å². The second-order valence-electron chi connectivity index (χ2n) is 5.46. The Bertz CT molecular complexity index is 488. The van der Waals surface area contributed by atoms with Gasteiger partial charge >= 0.3 is 0 Å². The molecule has 1 fully saturated rings.